The number of halogens is 5. The summed E-state index contributed by atoms with van der Waals surface area (Å²) in [5.74, 6) is -1.91. The first-order valence-corrected chi connectivity index (χ1v) is 17.1. The van der Waals surface area contributed by atoms with Gasteiger partial charge in [0.15, 0.2) is 0 Å². The summed E-state index contributed by atoms with van der Waals surface area (Å²) >= 11 is 0. The molecule has 3 aliphatic carbocycles. The zero-order valence-corrected chi connectivity index (χ0v) is 25.1. The number of hydrogen-bond acceptors (Lipinski definition) is 3. The van der Waals surface area contributed by atoms with Gasteiger partial charge in [-0.2, -0.15) is 22.0 Å². The minimum Gasteiger partial charge on any atom is -0.508 e. The van der Waals surface area contributed by atoms with Crippen molar-refractivity contribution in [1.29, 1.82) is 0 Å². The summed E-state index contributed by atoms with van der Waals surface area (Å²) in [4.78, 5) is 0. The molecule has 234 valence electrons. The number of unbranched alkanes of at least 4 members (excludes halogenated alkanes) is 6. The van der Waals surface area contributed by atoms with Gasteiger partial charge in [0.1, 0.15) is 5.75 Å². The predicted octanol–water partition coefficient (Wildman–Crippen LogP) is 8.68. The van der Waals surface area contributed by atoms with Crippen LogP contribution in [-0.4, -0.2) is 44.1 Å². The maximum Gasteiger partial charge on any atom is 0.453 e. The van der Waals surface area contributed by atoms with E-state index in [1.165, 1.54) is 11.1 Å². The zero-order chi connectivity index (χ0) is 29.8. The number of aliphatic hydroxyl groups is 1. The van der Waals surface area contributed by atoms with Crippen LogP contribution < -0.4 is 0 Å². The van der Waals surface area contributed by atoms with Crippen molar-refractivity contribution in [3.05, 3.63) is 29.3 Å². The molecule has 0 radical (unpaired) electrons. The molecule has 41 heavy (non-hydrogen) atoms. The third-order valence-corrected chi connectivity index (χ3v) is 12.0. The summed E-state index contributed by atoms with van der Waals surface area (Å²) in [6, 6.07) is 5.92. The molecule has 0 aromatic heterocycles. The van der Waals surface area contributed by atoms with E-state index in [-0.39, 0.29) is 17.3 Å². The number of alkyl halides is 5. The van der Waals surface area contributed by atoms with E-state index in [0.29, 0.717) is 41.6 Å². The Morgan fingerprint density at radius 1 is 0.927 bits per heavy atom. The Labute approximate surface area is 244 Å². The molecule has 0 spiro atoms. The van der Waals surface area contributed by atoms with E-state index in [1.807, 2.05) is 12.1 Å². The van der Waals surface area contributed by atoms with Crippen LogP contribution in [0.15, 0.2) is 18.2 Å². The number of phenolic OH excluding ortho intramolecular Hbond substituents is 1. The van der Waals surface area contributed by atoms with Crippen molar-refractivity contribution < 1.29 is 36.4 Å². The van der Waals surface area contributed by atoms with E-state index in [1.54, 1.807) is 0 Å². The molecule has 2 fully saturated rings. The second-order valence-corrected chi connectivity index (χ2v) is 14.9. The molecular formula is C32H47F5O3S. The maximum absolute atomic E-state index is 13.0. The Morgan fingerprint density at radius 3 is 2.29 bits per heavy atom. The highest BCUT2D eigenvalue weighted by Crippen LogP contribution is 2.62. The Balaban J connectivity index is 1.15. The highest BCUT2D eigenvalue weighted by atomic mass is 32.2. The first-order valence-electron chi connectivity index (χ1n) is 15.6. The lowest BCUT2D eigenvalue weighted by atomic mass is 9.52. The van der Waals surface area contributed by atoms with Crippen LogP contribution in [0.3, 0.4) is 0 Å². The molecule has 0 heterocycles. The maximum atomic E-state index is 13.0. The second-order valence-electron chi connectivity index (χ2n) is 13.2. The highest BCUT2D eigenvalue weighted by Gasteiger charge is 2.57. The molecule has 4 rings (SSSR count). The topological polar surface area (TPSA) is 57.5 Å². The molecule has 1 aromatic carbocycles. The molecule has 0 aliphatic heterocycles. The van der Waals surface area contributed by atoms with Gasteiger partial charge in [-0.25, -0.2) is 0 Å². The Hall–Kier alpha value is -1.22. The van der Waals surface area contributed by atoms with Gasteiger partial charge in [0.25, 0.3) is 0 Å². The lowest BCUT2D eigenvalue weighted by molar-refractivity contribution is -0.284. The summed E-state index contributed by atoms with van der Waals surface area (Å²) in [6.45, 7) is 2.30. The monoisotopic (exact) mass is 606 g/mol. The molecule has 1 aromatic rings. The molecule has 0 bridgehead atoms. The molecule has 3 nitrogen and oxygen atoms in total. The number of rotatable bonds is 14. The fourth-order valence-corrected chi connectivity index (χ4v) is 9.48. The van der Waals surface area contributed by atoms with Crippen LogP contribution in [0, 0.1) is 23.2 Å². The van der Waals surface area contributed by atoms with E-state index in [4.69, 9.17) is 0 Å². The van der Waals surface area contributed by atoms with Crippen molar-refractivity contribution in [3.63, 3.8) is 0 Å². The normalized spacial score (nSPS) is 30.5. The lowest BCUT2D eigenvalue weighted by Gasteiger charge is -2.53. The molecule has 2 N–H and O–H groups in total. The number of hydrogen-bond donors (Lipinski definition) is 2. The van der Waals surface area contributed by atoms with Crippen molar-refractivity contribution in [3.8, 4) is 5.75 Å². The molecule has 0 saturated heterocycles. The van der Waals surface area contributed by atoms with Gasteiger partial charge in [0, 0.05) is 28.7 Å². The van der Waals surface area contributed by atoms with Crippen molar-refractivity contribution in [2.75, 3.05) is 11.5 Å². The van der Waals surface area contributed by atoms with Crippen molar-refractivity contribution in [1.82, 2.24) is 0 Å². The van der Waals surface area contributed by atoms with Crippen molar-refractivity contribution in [2.45, 2.75) is 127 Å². The quantitative estimate of drug-likeness (QED) is 0.165. The van der Waals surface area contributed by atoms with Crippen LogP contribution in [0.2, 0.25) is 0 Å². The summed E-state index contributed by atoms with van der Waals surface area (Å²) in [5.41, 5.74) is 2.73. The van der Waals surface area contributed by atoms with Gasteiger partial charge in [-0.15, -0.1) is 0 Å². The summed E-state index contributed by atoms with van der Waals surface area (Å²) in [7, 11) is -1.35. The molecule has 9 heteroatoms. The van der Waals surface area contributed by atoms with E-state index in [0.717, 1.165) is 77.0 Å². The Kier molecular flexibility index (Phi) is 10.8. The van der Waals surface area contributed by atoms with E-state index < -0.39 is 35.7 Å². The summed E-state index contributed by atoms with van der Waals surface area (Å²) in [5, 5.41) is 21.0. The SMILES string of the molecule is C[C@@]12CC[C@H]3c4ccc(O)cc4C[C@@H](CCCCCCCCCS(=O)CCCC(F)(F)C(F)(F)F)[C@H]3[C@@H]1CC[C@@H]2O. The zero-order valence-electron chi connectivity index (χ0n) is 24.2. The number of benzene rings is 1. The highest BCUT2D eigenvalue weighted by molar-refractivity contribution is 7.84. The van der Waals surface area contributed by atoms with Gasteiger partial charge in [0.05, 0.1) is 6.10 Å². The first-order chi connectivity index (χ1) is 19.3. The fourth-order valence-electron chi connectivity index (χ4n) is 8.28. The van der Waals surface area contributed by atoms with E-state index in [9.17, 15) is 36.4 Å². The van der Waals surface area contributed by atoms with E-state index >= 15 is 0 Å². The van der Waals surface area contributed by atoms with Crippen LogP contribution in [0.4, 0.5) is 22.0 Å². The molecule has 2 saturated carbocycles. The smallest absolute Gasteiger partial charge is 0.453 e. The van der Waals surface area contributed by atoms with Gasteiger partial charge in [0.2, 0.25) is 0 Å². The van der Waals surface area contributed by atoms with Crippen LogP contribution in [0.5, 0.6) is 5.75 Å². The Bertz CT molecular complexity index is 1030. The molecule has 3 aliphatic rings. The van der Waals surface area contributed by atoms with Crippen molar-refractivity contribution >= 4 is 10.8 Å². The fraction of sp³-hybridized carbons (Fsp3) is 0.812. The first kappa shape index (κ1) is 32.7. The Morgan fingerprint density at radius 2 is 1.59 bits per heavy atom. The van der Waals surface area contributed by atoms with Crippen LogP contribution in [0.1, 0.15) is 114 Å². The number of aliphatic hydroxyl groups excluding tert-OH is 1. The molecule has 1 unspecified atom stereocenters. The van der Waals surface area contributed by atoms with Crippen LogP contribution >= 0.6 is 0 Å². The minimum absolute atomic E-state index is 0.0195. The second kappa shape index (κ2) is 13.6. The summed E-state index contributed by atoms with van der Waals surface area (Å²) < 4.78 is 74.5. The summed E-state index contributed by atoms with van der Waals surface area (Å²) in [6.07, 6.45) is 5.97. The largest absolute Gasteiger partial charge is 0.508 e. The average molecular weight is 607 g/mol. The van der Waals surface area contributed by atoms with Gasteiger partial charge in [-0.05, 0) is 104 Å². The third-order valence-electron chi connectivity index (χ3n) is 10.6. The average Bonchev–Trinajstić information content (AvgIpc) is 3.20. The third kappa shape index (κ3) is 7.66. The number of aromatic hydroxyl groups is 1. The molecular weight excluding hydrogens is 559 g/mol. The minimum atomic E-state index is -5.54. The van der Waals surface area contributed by atoms with E-state index in [2.05, 4.69) is 13.0 Å². The molecule has 0 amide bonds. The lowest BCUT2D eigenvalue weighted by Crippen LogP contribution is -2.47. The van der Waals surface area contributed by atoms with Gasteiger partial charge < -0.3 is 10.2 Å². The number of fused-ring (bicyclic) bond motifs is 5. The number of phenols is 1. The van der Waals surface area contributed by atoms with Crippen molar-refractivity contribution in [2.24, 2.45) is 23.2 Å². The van der Waals surface area contributed by atoms with Crippen LogP contribution in [0.25, 0.3) is 0 Å². The van der Waals surface area contributed by atoms with Gasteiger partial charge >= 0.3 is 12.1 Å². The predicted molar refractivity (Wildman–Crippen MR) is 153 cm³/mol. The molecule has 7 atom stereocenters. The van der Waals surface area contributed by atoms with Crippen LogP contribution in [-0.2, 0) is 17.2 Å². The van der Waals surface area contributed by atoms with Gasteiger partial charge in [-0.3, -0.25) is 4.21 Å². The standard InChI is InChI=1S/C32H47F5O3S/c1-30-17-15-26-25-12-11-24(38)21-23(25)20-22(29(26)27(30)13-14-28(30)39)10-7-5-3-2-4-6-8-18-41(40)19-9-16-31(33,34)32(35,36)37/h11-12,21-22,26-29,38-39H,2-10,13-20H2,1H3/t22-,26+,27+,28+,29-,30-,41?/m1/s1. The van der Waals surface area contributed by atoms with Gasteiger partial charge in [-0.1, -0.05) is 51.5 Å².